The number of phenols is 1. The Balaban J connectivity index is 2.08. The fourth-order valence-corrected chi connectivity index (χ4v) is 2.70. The monoisotopic (exact) mass is 281 g/mol. The zero-order valence-corrected chi connectivity index (χ0v) is 11.3. The Kier molecular flexibility index (Phi) is 3.89. The van der Waals surface area contributed by atoms with Gasteiger partial charge in [-0.15, -0.1) is 11.3 Å². The molecule has 0 unspecified atom stereocenters. The minimum absolute atomic E-state index is 0.0944. The summed E-state index contributed by atoms with van der Waals surface area (Å²) < 4.78 is 0. The van der Waals surface area contributed by atoms with Crippen LogP contribution < -0.4 is 0 Å². The van der Waals surface area contributed by atoms with E-state index in [-0.39, 0.29) is 11.7 Å². The Morgan fingerprint density at radius 2 is 2.00 bits per heavy atom. The van der Waals surface area contributed by atoms with Crippen LogP contribution in [-0.2, 0) is 6.54 Å². The molecule has 0 saturated heterocycles. The molecule has 1 heterocycles. The number of phenolic OH excluding ortho intramolecular Hbond substituents is 1. The number of hydrogen-bond donors (Lipinski definition) is 1. The number of hydrogen-bond acceptors (Lipinski definition) is 3. The zero-order chi connectivity index (χ0) is 13.1. The van der Waals surface area contributed by atoms with Gasteiger partial charge in [-0.25, -0.2) is 0 Å². The van der Waals surface area contributed by atoms with E-state index in [1.165, 1.54) is 11.3 Å². The van der Waals surface area contributed by atoms with Gasteiger partial charge in [0.05, 0.1) is 5.02 Å². The highest BCUT2D eigenvalue weighted by Crippen LogP contribution is 2.24. The van der Waals surface area contributed by atoms with Crippen molar-refractivity contribution in [3.8, 4) is 5.75 Å². The van der Waals surface area contributed by atoms with E-state index in [4.69, 9.17) is 11.6 Å². The molecular weight excluding hydrogens is 270 g/mol. The maximum Gasteiger partial charge on any atom is 0.265 e. The smallest absolute Gasteiger partial charge is 0.265 e. The number of carbonyl (C=O) groups excluding carboxylic acids is 1. The molecule has 0 atom stereocenters. The van der Waals surface area contributed by atoms with Crippen LogP contribution in [0.5, 0.6) is 5.75 Å². The van der Waals surface area contributed by atoms with Crippen LogP contribution in [0.15, 0.2) is 35.7 Å². The van der Waals surface area contributed by atoms with Crippen LogP contribution >= 0.6 is 22.9 Å². The number of amides is 1. The summed E-state index contributed by atoms with van der Waals surface area (Å²) in [6.45, 7) is 0.480. The van der Waals surface area contributed by atoms with Crippen LogP contribution in [0, 0.1) is 0 Å². The third-order valence-electron chi connectivity index (χ3n) is 2.51. The van der Waals surface area contributed by atoms with Crippen LogP contribution in [0.4, 0.5) is 0 Å². The number of halogens is 1. The van der Waals surface area contributed by atoms with E-state index in [1.54, 1.807) is 47.7 Å². The summed E-state index contributed by atoms with van der Waals surface area (Å²) in [5, 5.41) is 11.5. The second kappa shape index (κ2) is 5.42. The van der Waals surface area contributed by atoms with E-state index in [9.17, 15) is 9.90 Å². The normalized spacial score (nSPS) is 10.3. The molecule has 0 spiro atoms. The van der Waals surface area contributed by atoms with Crippen LogP contribution in [0.25, 0.3) is 0 Å². The number of benzene rings is 1. The highest BCUT2D eigenvalue weighted by molar-refractivity contribution is 7.12. The van der Waals surface area contributed by atoms with Crippen molar-refractivity contribution in [1.29, 1.82) is 0 Å². The molecule has 0 aliphatic rings. The fourth-order valence-electron chi connectivity index (χ4n) is 1.57. The summed E-state index contributed by atoms with van der Waals surface area (Å²) in [5.41, 5.74) is 0.955. The summed E-state index contributed by atoms with van der Waals surface area (Å²) >= 11 is 7.27. The molecule has 3 nitrogen and oxygen atoms in total. The predicted molar refractivity (Wildman–Crippen MR) is 73.2 cm³/mol. The Morgan fingerprint density at radius 3 is 2.56 bits per heavy atom. The lowest BCUT2D eigenvalue weighted by Gasteiger charge is -2.16. The van der Waals surface area contributed by atoms with Gasteiger partial charge in [-0.1, -0.05) is 23.7 Å². The molecule has 18 heavy (non-hydrogen) atoms. The average Bonchev–Trinajstić information content (AvgIpc) is 2.77. The molecule has 0 aliphatic carbocycles. The summed E-state index contributed by atoms with van der Waals surface area (Å²) in [5.74, 6) is 0.122. The van der Waals surface area contributed by atoms with Crippen molar-refractivity contribution in [3.63, 3.8) is 0 Å². The lowest BCUT2D eigenvalue weighted by atomic mass is 10.2. The van der Waals surface area contributed by atoms with Gasteiger partial charge in [0, 0.05) is 13.6 Å². The SMILES string of the molecule is CN(Cc1ccc(O)cc1)C(=O)c1sccc1Cl. The topological polar surface area (TPSA) is 40.5 Å². The maximum absolute atomic E-state index is 12.1. The van der Waals surface area contributed by atoms with Crippen molar-refractivity contribution < 1.29 is 9.90 Å². The van der Waals surface area contributed by atoms with Crippen LogP contribution in [0.2, 0.25) is 5.02 Å². The second-order valence-electron chi connectivity index (χ2n) is 3.93. The molecular formula is C13H12ClNO2S. The minimum atomic E-state index is -0.0944. The van der Waals surface area contributed by atoms with Gasteiger partial charge in [0.25, 0.3) is 5.91 Å². The third-order valence-corrected chi connectivity index (χ3v) is 3.84. The van der Waals surface area contributed by atoms with Crippen LogP contribution in [0.3, 0.4) is 0 Å². The molecule has 0 aliphatic heterocycles. The third kappa shape index (κ3) is 2.83. The average molecular weight is 282 g/mol. The number of nitrogens with zero attached hydrogens (tertiary/aromatic N) is 1. The highest BCUT2D eigenvalue weighted by atomic mass is 35.5. The van der Waals surface area contributed by atoms with E-state index >= 15 is 0 Å². The van der Waals surface area contributed by atoms with Gasteiger partial charge >= 0.3 is 0 Å². The van der Waals surface area contributed by atoms with Crippen LogP contribution in [0.1, 0.15) is 15.2 Å². The largest absolute Gasteiger partial charge is 0.508 e. The summed E-state index contributed by atoms with van der Waals surface area (Å²) in [4.78, 5) is 14.3. The minimum Gasteiger partial charge on any atom is -0.508 e. The first-order valence-electron chi connectivity index (χ1n) is 5.34. The molecule has 0 radical (unpaired) electrons. The molecule has 2 rings (SSSR count). The zero-order valence-electron chi connectivity index (χ0n) is 9.76. The molecule has 1 aromatic heterocycles. The summed E-state index contributed by atoms with van der Waals surface area (Å²) in [7, 11) is 1.73. The maximum atomic E-state index is 12.1. The van der Waals surface area contributed by atoms with Gasteiger partial charge in [-0.05, 0) is 29.1 Å². The van der Waals surface area contributed by atoms with Crippen molar-refractivity contribution in [1.82, 2.24) is 4.90 Å². The molecule has 2 aromatic rings. The van der Waals surface area contributed by atoms with E-state index in [0.717, 1.165) is 5.56 Å². The van der Waals surface area contributed by atoms with Crippen LogP contribution in [-0.4, -0.2) is 23.0 Å². The first-order valence-corrected chi connectivity index (χ1v) is 6.60. The van der Waals surface area contributed by atoms with E-state index in [2.05, 4.69) is 0 Å². The first kappa shape index (κ1) is 12.9. The molecule has 0 saturated carbocycles. The van der Waals surface area contributed by atoms with E-state index < -0.39 is 0 Å². The van der Waals surface area contributed by atoms with Crippen molar-refractivity contribution in [2.75, 3.05) is 7.05 Å². The van der Waals surface area contributed by atoms with Gasteiger partial charge in [0.15, 0.2) is 0 Å². The number of thiophene rings is 1. The summed E-state index contributed by atoms with van der Waals surface area (Å²) in [6.07, 6.45) is 0. The molecule has 94 valence electrons. The van der Waals surface area contributed by atoms with Gasteiger partial charge in [-0.2, -0.15) is 0 Å². The quantitative estimate of drug-likeness (QED) is 0.937. The second-order valence-corrected chi connectivity index (χ2v) is 5.25. The molecule has 1 aromatic carbocycles. The molecule has 1 N–H and O–H groups in total. The van der Waals surface area contributed by atoms with Gasteiger partial charge < -0.3 is 10.0 Å². The molecule has 5 heteroatoms. The summed E-state index contributed by atoms with van der Waals surface area (Å²) in [6, 6.07) is 8.50. The highest BCUT2D eigenvalue weighted by Gasteiger charge is 2.16. The van der Waals surface area contributed by atoms with Gasteiger partial charge in [-0.3, -0.25) is 4.79 Å². The fraction of sp³-hybridized carbons (Fsp3) is 0.154. The molecule has 0 fully saturated rings. The molecule has 1 amide bonds. The van der Waals surface area contributed by atoms with Crippen molar-refractivity contribution >= 4 is 28.8 Å². The first-order chi connectivity index (χ1) is 8.58. The lowest BCUT2D eigenvalue weighted by Crippen LogP contribution is -2.25. The van der Waals surface area contributed by atoms with E-state index in [0.29, 0.717) is 16.4 Å². The standard InChI is InChI=1S/C13H12ClNO2S/c1-15(8-9-2-4-10(16)5-3-9)13(17)12-11(14)6-7-18-12/h2-7,16H,8H2,1H3. The Morgan fingerprint density at radius 1 is 1.33 bits per heavy atom. The lowest BCUT2D eigenvalue weighted by molar-refractivity contribution is 0.0790. The van der Waals surface area contributed by atoms with Crippen molar-refractivity contribution in [2.45, 2.75) is 6.54 Å². The number of carbonyl (C=O) groups is 1. The Bertz CT molecular complexity index is 550. The number of rotatable bonds is 3. The van der Waals surface area contributed by atoms with E-state index in [1.807, 2.05) is 0 Å². The molecule has 0 bridgehead atoms. The Hall–Kier alpha value is -1.52. The Labute approximate surface area is 114 Å². The van der Waals surface area contributed by atoms with Crippen molar-refractivity contribution in [2.24, 2.45) is 0 Å². The predicted octanol–water partition coefficient (Wildman–Crippen LogP) is 3.38. The van der Waals surface area contributed by atoms with Gasteiger partial charge in [0.1, 0.15) is 10.6 Å². The van der Waals surface area contributed by atoms with Crippen molar-refractivity contribution in [3.05, 3.63) is 51.2 Å². The van der Waals surface area contributed by atoms with Gasteiger partial charge in [0.2, 0.25) is 0 Å². The number of aromatic hydroxyl groups is 1.